The molecule has 5 nitrogen and oxygen atoms in total. The summed E-state index contributed by atoms with van der Waals surface area (Å²) < 4.78 is 6.28. The first-order valence-corrected chi connectivity index (χ1v) is 8.76. The Bertz CT molecular complexity index is 645. The van der Waals surface area contributed by atoms with Gasteiger partial charge in [-0.2, -0.15) is 0 Å². The van der Waals surface area contributed by atoms with Crippen molar-refractivity contribution in [2.75, 3.05) is 19.6 Å². The summed E-state index contributed by atoms with van der Waals surface area (Å²) in [5.41, 5.74) is -0.231. The van der Waals surface area contributed by atoms with Crippen LogP contribution in [0.15, 0.2) is 12.1 Å². The van der Waals surface area contributed by atoms with Crippen LogP contribution in [0.5, 0.6) is 11.5 Å². The van der Waals surface area contributed by atoms with Gasteiger partial charge in [-0.3, -0.25) is 9.69 Å². The molecule has 0 saturated carbocycles. The van der Waals surface area contributed by atoms with E-state index >= 15 is 0 Å². The molecule has 2 atom stereocenters. The Kier molecular flexibility index (Phi) is 3.65. The van der Waals surface area contributed by atoms with Crippen molar-refractivity contribution >= 4 is 17.5 Å². The first kappa shape index (κ1) is 15.1. The highest BCUT2D eigenvalue weighted by Crippen LogP contribution is 2.54. The van der Waals surface area contributed by atoms with E-state index in [-0.39, 0.29) is 17.6 Å². The maximum atomic E-state index is 13.0. The highest BCUT2D eigenvalue weighted by molar-refractivity contribution is 6.33. The number of ether oxygens (including phenoxy) is 1. The molecule has 23 heavy (non-hydrogen) atoms. The minimum atomic E-state index is -1.02. The third kappa shape index (κ3) is 2.13. The number of nitrogens with one attached hydrogen (secondary N) is 1. The molecule has 0 spiro atoms. The fourth-order valence-electron chi connectivity index (χ4n) is 4.25. The molecule has 0 aliphatic carbocycles. The summed E-state index contributed by atoms with van der Waals surface area (Å²) >= 11 is 6.38. The number of likely N-dealkylation sites (tertiary alicyclic amines) is 1. The van der Waals surface area contributed by atoms with Crippen LogP contribution in [0.1, 0.15) is 43.6 Å². The number of hydrogen-bond acceptors (Lipinski definition) is 4. The molecule has 2 saturated heterocycles. The van der Waals surface area contributed by atoms with Gasteiger partial charge in [0.1, 0.15) is 11.5 Å². The molecule has 1 amide bonds. The number of amides is 1. The molecule has 1 aromatic carbocycles. The fourth-order valence-corrected chi connectivity index (χ4v) is 4.53. The molecule has 6 heteroatoms. The zero-order valence-electron chi connectivity index (χ0n) is 13.0. The van der Waals surface area contributed by atoms with Gasteiger partial charge in [-0.25, -0.2) is 0 Å². The molecule has 0 radical (unpaired) electrons. The van der Waals surface area contributed by atoms with Crippen molar-refractivity contribution in [2.45, 2.75) is 43.7 Å². The van der Waals surface area contributed by atoms with Crippen molar-refractivity contribution in [3.63, 3.8) is 0 Å². The summed E-state index contributed by atoms with van der Waals surface area (Å²) in [4.78, 5) is 15.2. The molecule has 3 aliphatic rings. The highest BCUT2D eigenvalue weighted by Gasteiger charge is 2.59. The van der Waals surface area contributed by atoms with Crippen LogP contribution in [-0.2, 0) is 4.79 Å². The predicted octanol–water partition coefficient (Wildman–Crippen LogP) is 2.61. The van der Waals surface area contributed by atoms with Gasteiger partial charge in [0, 0.05) is 25.2 Å². The summed E-state index contributed by atoms with van der Waals surface area (Å²) in [5.74, 6) is 0.458. The van der Waals surface area contributed by atoms with Crippen molar-refractivity contribution in [1.29, 1.82) is 0 Å². The third-order valence-electron chi connectivity index (χ3n) is 5.31. The van der Waals surface area contributed by atoms with Crippen molar-refractivity contribution in [3.8, 4) is 11.5 Å². The van der Waals surface area contributed by atoms with Crippen LogP contribution in [0.25, 0.3) is 0 Å². The van der Waals surface area contributed by atoms with Gasteiger partial charge < -0.3 is 15.2 Å². The number of nitrogens with zero attached hydrogens (tertiary/aromatic N) is 1. The molecule has 2 N–H and O–H groups in total. The van der Waals surface area contributed by atoms with Crippen molar-refractivity contribution in [2.24, 2.45) is 0 Å². The summed E-state index contributed by atoms with van der Waals surface area (Å²) in [6.45, 7) is 2.35. The van der Waals surface area contributed by atoms with Crippen LogP contribution >= 0.6 is 11.6 Å². The van der Waals surface area contributed by atoms with E-state index < -0.39 is 5.72 Å². The molecule has 3 aliphatic heterocycles. The van der Waals surface area contributed by atoms with Gasteiger partial charge in [0.15, 0.2) is 0 Å². The molecule has 1 aromatic rings. The quantitative estimate of drug-likeness (QED) is 0.827. The average Bonchev–Trinajstić information content (AvgIpc) is 2.83. The van der Waals surface area contributed by atoms with Gasteiger partial charge >= 0.3 is 0 Å². The Hall–Kier alpha value is -1.46. The topological polar surface area (TPSA) is 61.8 Å². The second-order valence-electron chi connectivity index (χ2n) is 6.61. The monoisotopic (exact) mass is 336 g/mol. The molecule has 4 rings (SSSR count). The molecular weight excluding hydrogens is 316 g/mol. The van der Waals surface area contributed by atoms with Crippen LogP contribution in [0.3, 0.4) is 0 Å². The summed E-state index contributed by atoms with van der Waals surface area (Å²) in [6, 6.07) is 3.26. The molecular formula is C17H21ClN2O3. The van der Waals surface area contributed by atoms with Gasteiger partial charge in [0.2, 0.25) is 5.72 Å². The van der Waals surface area contributed by atoms with Crippen LogP contribution in [-0.4, -0.2) is 41.3 Å². The lowest BCUT2D eigenvalue weighted by Crippen LogP contribution is -2.64. The van der Waals surface area contributed by atoms with E-state index in [1.807, 2.05) is 0 Å². The van der Waals surface area contributed by atoms with Gasteiger partial charge in [-0.15, -0.1) is 0 Å². The first-order valence-electron chi connectivity index (χ1n) is 8.38. The number of carbonyl (C=O) groups excluding carboxylic acids is 1. The van der Waals surface area contributed by atoms with E-state index in [0.717, 1.165) is 44.3 Å². The maximum Gasteiger partial charge on any atom is 0.280 e. The number of fused-ring (bicyclic) bond motifs is 3. The lowest BCUT2D eigenvalue weighted by Gasteiger charge is -2.43. The highest BCUT2D eigenvalue weighted by atomic mass is 35.5. The second kappa shape index (κ2) is 5.56. The number of phenols is 1. The van der Waals surface area contributed by atoms with E-state index in [9.17, 15) is 9.90 Å². The number of carbonyl (C=O) groups is 1. The number of benzene rings is 1. The Morgan fingerprint density at radius 2 is 2.04 bits per heavy atom. The summed E-state index contributed by atoms with van der Waals surface area (Å²) in [6.07, 6.45) is 5.01. The first-order chi connectivity index (χ1) is 11.1. The van der Waals surface area contributed by atoms with Gasteiger partial charge in [-0.05, 0) is 37.8 Å². The van der Waals surface area contributed by atoms with Crippen molar-refractivity contribution < 1.29 is 14.6 Å². The third-order valence-corrected chi connectivity index (χ3v) is 5.71. The number of phenolic OH excluding ortho intramolecular Hbond substituents is 1. The van der Waals surface area contributed by atoms with Crippen molar-refractivity contribution in [3.05, 3.63) is 22.7 Å². The Morgan fingerprint density at radius 1 is 1.26 bits per heavy atom. The standard InChI is InChI=1S/C17H21ClN2O3/c18-15-12(21)6-7-13-14(15)11-5-4-8-19-16(22)17(11,23-13)20-9-2-1-3-10-20/h6-7,11,21H,1-5,8-10H2,(H,19,22). The van der Waals surface area contributed by atoms with Crippen LogP contribution in [0.2, 0.25) is 5.02 Å². The van der Waals surface area contributed by atoms with Crippen LogP contribution < -0.4 is 10.1 Å². The maximum absolute atomic E-state index is 13.0. The molecule has 2 unspecified atom stereocenters. The number of piperidine rings is 1. The van der Waals surface area contributed by atoms with E-state index in [1.54, 1.807) is 6.07 Å². The SMILES string of the molecule is O=C1NCCCC2c3c(ccc(O)c3Cl)OC12N1CCCCC1. The largest absolute Gasteiger partial charge is 0.506 e. The Balaban J connectivity index is 1.86. The minimum Gasteiger partial charge on any atom is -0.506 e. The number of aromatic hydroxyl groups is 1. The number of hydrogen-bond donors (Lipinski definition) is 2. The van der Waals surface area contributed by atoms with Gasteiger partial charge in [0.05, 0.1) is 10.9 Å². The average molecular weight is 337 g/mol. The second-order valence-corrected chi connectivity index (χ2v) is 6.99. The predicted molar refractivity (Wildman–Crippen MR) is 86.9 cm³/mol. The van der Waals surface area contributed by atoms with Crippen LogP contribution in [0, 0.1) is 0 Å². The lowest BCUT2D eigenvalue weighted by atomic mass is 9.84. The summed E-state index contributed by atoms with van der Waals surface area (Å²) in [7, 11) is 0. The molecule has 2 fully saturated rings. The van der Waals surface area contributed by atoms with E-state index in [1.165, 1.54) is 12.5 Å². The van der Waals surface area contributed by atoms with Gasteiger partial charge in [-0.1, -0.05) is 18.0 Å². The molecule has 0 bridgehead atoms. The van der Waals surface area contributed by atoms with Gasteiger partial charge in [0.25, 0.3) is 5.91 Å². The number of rotatable bonds is 1. The van der Waals surface area contributed by atoms with E-state index in [0.29, 0.717) is 17.3 Å². The van der Waals surface area contributed by atoms with Crippen LogP contribution in [0.4, 0.5) is 0 Å². The lowest BCUT2D eigenvalue weighted by molar-refractivity contribution is -0.159. The molecule has 124 valence electrons. The Labute approximate surface area is 140 Å². The molecule has 0 aromatic heterocycles. The zero-order valence-corrected chi connectivity index (χ0v) is 13.7. The van der Waals surface area contributed by atoms with E-state index in [2.05, 4.69) is 10.2 Å². The van der Waals surface area contributed by atoms with E-state index in [4.69, 9.17) is 16.3 Å². The minimum absolute atomic E-state index is 0.0492. The fraction of sp³-hybridized carbons (Fsp3) is 0.588. The Morgan fingerprint density at radius 3 is 2.83 bits per heavy atom. The number of halogens is 1. The normalized spacial score (nSPS) is 30.8. The molecule has 3 heterocycles. The van der Waals surface area contributed by atoms with Crippen molar-refractivity contribution in [1.82, 2.24) is 10.2 Å². The summed E-state index contributed by atoms with van der Waals surface area (Å²) in [5, 5.41) is 13.3. The smallest absolute Gasteiger partial charge is 0.280 e. The zero-order chi connectivity index (χ0) is 16.0.